The number of aromatic nitrogens is 3. The van der Waals surface area contributed by atoms with Crippen molar-refractivity contribution in [1.29, 1.82) is 0 Å². The number of carbonyl (C=O) groups is 1. The molecule has 2 aliphatic heterocycles. The van der Waals surface area contributed by atoms with Crippen molar-refractivity contribution in [3.63, 3.8) is 0 Å². The molecule has 0 saturated carbocycles. The number of likely N-dealkylation sites (tertiary alicyclic amines) is 1. The Bertz CT molecular complexity index is 1530. The number of nitrogen functional groups attached to an aromatic ring is 1. The van der Waals surface area contributed by atoms with Crippen LogP contribution in [0.15, 0.2) is 41.7 Å². The van der Waals surface area contributed by atoms with Gasteiger partial charge in [0.25, 0.3) is 5.91 Å². The minimum absolute atomic E-state index is 0.170. The van der Waals surface area contributed by atoms with Crippen LogP contribution in [0.3, 0.4) is 0 Å². The van der Waals surface area contributed by atoms with E-state index in [9.17, 15) is 13.2 Å². The summed E-state index contributed by atoms with van der Waals surface area (Å²) in [5.41, 5.74) is 6.50. The van der Waals surface area contributed by atoms with Gasteiger partial charge in [0, 0.05) is 24.8 Å². The lowest BCUT2D eigenvalue weighted by Gasteiger charge is -2.26. The summed E-state index contributed by atoms with van der Waals surface area (Å²) in [5.74, 6) is -3.04. The molecule has 3 N–H and O–H groups in total. The third kappa shape index (κ3) is 6.68. The number of hydrogen-bond donors (Lipinski definition) is 2. The van der Waals surface area contributed by atoms with Gasteiger partial charge < -0.3 is 16.0 Å². The van der Waals surface area contributed by atoms with Crippen LogP contribution in [0.25, 0.3) is 11.3 Å². The first kappa shape index (κ1) is 29.0. The molecule has 218 valence electrons. The number of hydrogen-bond acceptors (Lipinski definition) is 8. The van der Waals surface area contributed by atoms with Gasteiger partial charge in [-0.15, -0.1) is 0 Å². The van der Waals surface area contributed by atoms with Crippen molar-refractivity contribution in [3.05, 3.63) is 59.7 Å². The van der Waals surface area contributed by atoms with Gasteiger partial charge in [-0.05, 0) is 81.9 Å². The maximum Gasteiger partial charge on any atom is 0.278 e. The van der Waals surface area contributed by atoms with Gasteiger partial charge in [-0.2, -0.15) is 4.31 Å². The second-order valence-electron chi connectivity index (χ2n) is 10.4. The fourth-order valence-electron chi connectivity index (χ4n) is 5.26. The van der Waals surface area contributed by atoms with E-state index in [1.165, 1.54) is 19.0 Å². The first-order valence-electron chi connectivity index (χ1n) is 13.8. The Hall–Kier alpha value is -3.55. The number of piperidine rings is 1. The lowest BCUT2D eigenvalue weighted by molar-refractivity contribution is 0.102. The highest BCUT2D eigenvalue weighted by Crippen LogP contribution is 2.30. The molecule has 0 spiro atoms. The number of benzene rings is 1. The van der Waals surface area contributed by atoms with Crippen LogP contribution in [0.5, 0.6) is 0 Å². The van der Waals surface area contributed by atoms with E-state index in [4.69, 9.17) is 5.73 Å². The predicted octanol–water partition coefficient (Wildman–Crippen LogP) is 3.85. The first-order chi connectivity index (χ1) is 19.7. The predicted molar refractivity (Wildman–Crippen MR) is 151 cm³/mol. The number of sulfonamides is 1. The van der Waals surface area contributed by atoms with E-state index in [1.807, 2.05) is 6.07 Å². The summed E-state index contributed by atoms with van der Waals surface area (Å²) in [5, 5.41) is 2.69. The monoisotopic (exact) mass is 585 g/mol. The van der Waals surface area contributed by atoms with Crippen LogP contribution in [0, 0.1) is 11.6 Å². The lowest BCUT2D eigenvalue weighted by Crippen LogP contribution is -2.36. The first-order valence-corrected chi connectivity index (χ1v) is 15.3. The molecule has 10 nitrogen and oxygen atoms in total. The Kier molecular flexibility index (Phi) is 8.85. The van der Waals surface area contributed by atoms with Gasteiger partial charge in [0.1, 0.15) is 16.5 Å². The van der Waals surface area contributed by atoms with Crippen LogP contribution in [-0.2, 0) is 16.4 Å². The summed E-state index contributed by atoms with van der Waals surface area (Å²) in [6, 6.07) is 3.22. The number of nitrogens with zero attached hydrogens (tertiary/aromatic N) is 5. The number of aryl methyl sites for hydroxylation is 1. The van der Waals surface area contributed by atoms with Crippen LogP contribution in [0.1, 0.15) is 54.6 Å². The highest BCUT2D eigenvalue weighted by atomic mass is 32.2. The van der Waals surface area contributed by atoms with Crippen molar-refractivity contribution in [2.24, 2.45) is 0 Å². The van der Waals surface area contributed by atoms with Crippen molar-refractivity contribution in [1.82, 2.24) is 24.2 Å². The van der Waals surface area contributed by atoms with Gasteiger partial charge in [-0.25, -0.2) is 27.2 Å². The average molecular weight is 586 g/mol. The van der Waals surface area contributed by atoms with Gasteiger partial charge in [0.2, 0.25) is 10.0 Å². The van der Waals surface area contributed by atoms with E-state index >= 15 is 8.78 Å². The zero-order valence-corrected chi connectivity index (χ0v) is 23.5. The molecule has 1 amide bonds. The summed E-state index contributed by atoms with van der Waals surface area (Å²) in [6.07, 6.45) is 10.8. The van der Waals surface area contributed by atoms with E-state index in [1.54, 1.807) is 6.20 Å². The minimum atomic E-state index is -4.20. The Morgan fingerprint density at radius 1 is 0.951 bits per heavy atom. The second kappa shape index (κ2) is 12.5. The molecule has 0 unspecified atom stereocenters. The number of carbonyl (C=O) groups excluding carboxylic acids is 1. The van der Waals surface area contributed by atoms with Crippen molar-refractivity contribution >= 4 is 27.4 Å². The van der Waals surface area contributed by atoms with E-state index < -0.39 is 32.5 Å². The molecule has 2 aromatic heterocycles. The Morgan fingerprint density at radius 2 is 1.68 bits per heavy atom. The SMILES string of the molecule is Nc1ncc(-c2cc(F)c(S(=O)(=O)N3CCCCC3)cc2F)nc1C(=O)Nc1cncc(CCCN2CCCC2)c1. The second-order valence-corrected chi connectivity index (χ2v) is 12.3. The maximum atomic E-state index is 15.2. The van der Waals surface area contributed by atoms with Crippen LogP contribution < -0.4 is 11.1 Å². The minimum Gasteiger partial charge on any atom is -0.382 e. The summed E-state index contributed by atoms with van der Waals surface area (Å²) >= 11 is 0. The molecule has 0 radical (unpaired) electrons. The van der Waals surface area contributed by atoms with Gasteiger partial charge in [-0.3, -0.25) is 9.78 Å². The molecule has 2 fully saturated rings. The smallest absolute Gasteiger partial charge is 0.278 e. The van der Waals surface area contributed by atoms with Crippen molar-refractivity contribution in [3.8, 4) is 11.3 Å². The summed E-state index contributed by atoms with van der Waals surface area (Å²) in [7, 11) is -4.20. The molecule has 1 aromatic carbocycles. The number of anilines is 2. The topological polar surface area (TPSA) is 134 Å². The lowest BCUT2D eigenvalue weighted by atomic mass is 10.1. The van der Waals surface area contributed by atoms with Gasteiger partial charge >= 0.3 is 0 Å². The molecule has 13 heteroatoms. The van der Waals surface area contributed by atoms with Crippen molar-refractivity contribution in [2.45, 2.75) is 49.8 Å². The molecule has 0 bridgehead atoms. The standard InChI is InChI=1S/C28H33F2N7O3S/c29-22-15-25(41(39,40)37-11-2-1-3-12-37)23(30)14-21(22)24-18-33-27(31)26(35-24)28(38)34-20-13-19(16-32-17-20)7-6-10-36-8-4-5-9-36/h13-18H,1-12H2,(H2,31,33)(H,34,38). The molecular weight excluding hydrogens is 552 g/mol. The highest BCUT2D eigenvalue weighted by Gasteiger charge is 2.30. The average Bonchev–Trinajstić information content (AvgIpc) is 3.48. The van der Waals surface area contributed by atoms with E-state index in [0.29, 0.717) is 24.6 Å². The molecule has 0 atom stereocenters. The maximum absolute atomic E-state index is 15.2. The Morgan fingerprint density at radius 3 is 2.44 bits per heavy atom. The van der Waals surface area contributed by atoms with Crippen molar-refractivity contribution < 1.29 is 22.0 Å². The Labute approximate surface area is 238 Å². The molecule has 2 aliphatic rings. The van der Waals surface area contributed by atoms with Crippen LogP contribution in [-0.4, -0.2) is 71.2 Å². The number of amides is 1. The molecule has 3 aromatic rings. The zero-order valence-electron chi connectivity index (χ0n) is 22.7. The molecule has 2 saturated heterocycles. The molecular formula is C28H33F2N7O3S. The zero-order chi connectivity index (χ0) is 29.0. The summed E-state index contributed by atoms with van der Waals surface area (Å²) in [6.45, 7) is 3.79. The molecule has 5 rings (SSSR count). The summed E-state index contributed by atoms with van der Waals surface area (Å²) in [4.78, 5) is 27.0. The van der Waals surface area contributed by atoms with Gasteiger partial charge in [0.05, 0.1) is 23.8 Å². The number of halogens is 2. The van der Waals surface area contributed by atoms with E-state index in [0.717, 1.165) is 61.0 Å². The molecule has 0 aliphatic carbocycles. The third-order valence-corrected chi connectivity index (χ3v) is 9.35. The van der Waals surface area contributed by atoms with Gasteiger partial charge in [0.15, 0.2) is 11.5 Å². The van der Waals surface area contributed by atoms with E-state index in [-0.39, 0.29) is 35.9 Å². The normalized spacial score (nSPS) is 16.6. The van der Waals surface area contributed by atoms with E-state index in [2.05, 4.69) is 25.2 Å². The number of rotatable bonds is 9. The van der Waals surface area contributed by atoms with Gasteiger partial charge in [-0.1, -0.05) is 6.42 Å². The number of nitrogens with two attached hydrogens (primary N) is 1. The van der Waals surface area contributed by atoms with Crippen LogP contribution in [0.2, 0.25) is 0 Å². The molecule has 4 heterocycles. The largest absolute Gasteiger partial charge is 0.382 e. The number of nitrogens with one attached hydrogen (secondary N) is 1. The fraction of sp³-hybridized carbons (Fsp3) is 0.429. The van der Waals surface area contributed by atoms with Crippen LogP contribution >= 0.6 is 0 Å². The summed E-state index contributed by atoms with van der Waals surface area (Å²) < 4.78 is 57.3. The quantitative estimate of drug-likeness (QED) is 0.387. The fourth-order valence-corrected chi connectivity index (χ4v) is 6.83. The third-order valence-electron chi connectivity index (χ3n) is 7.44. The van der Waals surface area contributed by atoms with Crippen molar-refractivity contribution in [2.75, 3.05) is 43.8 Å². The van der Waals surface area contributed by atoms with Crippen LogP contribution in [0.4, 0.5) is 20.3 Å². The Balaban J connectivity index is 1.32. The highest BCUT2D eigenvalue weighted by molar-refractivity contribution is 7.89. The molecule has 41 heavy (non-hydrogen) atoms. The number of pyridine rings is 1.